The van der Waals surface area contributed by atoms with E-state index in [2.05, 4.69) is 176 Å². The molecule has 0 unspecified atom stereocenters. The highest BCUT2D eigenvalue weighted by atomic mass is 16.3. The van der Waals surface area contributed by atoms with Gasteiger partial charge in [0.25, 0.3) is 0 Å². The topological polar surface area (TPSA) is 16.4 Å². The fourth-order valence-corrected chi connectivity index (χ4v) is 9.53. The Hall–Kier alpha value is -6.64. The maximum absolute atomic E-state index is 6.53. The Bertz CT molecular complexity index is 3070. The molecule has 9 aromatic rings. The van der Waals surface area contributed by atoms with E-state index in [1.54, 1.807) is 0 Å². The van der Waals surface area contributed by atoms with Gasteiger partial charge in [-0.3, -0.25) is 0 Å². The van der Waals surface area contributed by atoms with Crippen molar-refractivity contribution in [3.63, 3.8) is 0 Å². The van der Waals surface area contributed by atoms with Crippen LogP contribution in [0.25, 0.3) is 76.5 Å². The number of hydrogen-bond acceptors (Lipinski definition) is 2. The SMILES string of the molecule is C=C1/C=C2\C(=C/CN(c3c4ccccc4c(-c4cccc5ccccc45)c4ccccc34)c3cc4c(cc31)oc1ccccc14)C(C)(C)c1ccccc12. The number of nitrogens with zero attached hydrogens (tertiary/aromatic N) is 1. The van der Waals surface area contributed by atoms with Crippen LogP contribution < -0.4 is 4.90 Å². The van der Waals surface area contributed by atoms with E-state index in [0.717, 1.165) is 38.8 Å². The van der Waals surface area contributed by atoms with Crippen molar-refractivity contribution in [2.24, 2.45) is 0 Å². The van der Waals surface area contributed by atoms with Crippen LogP contribution in [0.4, 0.5) is 11.4 Å². The van der Waals surface area contributed by atoms with Gasteiger partial charge in [-0.25, -0.2) is 0 Å². The molecule has 2 aliphatic rings. The first-order chi connectivity index (χ1) is 26.5. The Morgan fingerprint density at radius 1 is 0.556 bits per heavy atom. The van der Waals surface area contributed by atoms with E-state index in [9.17, 15) is 0 Å². The smallest absolute Gasteiger partial charge is 0.136 e. The Balaban J connectivity index is 1.26. The molecule has 0 saturated carbocycles. The van der Waals surface area contributed by atoms with Crippen LogP contribution in [0.3, 0.4) is 0 Å². The van der Waals surface area contributed by atoms with Crippen molar-refractivity contribution in [2.45, 2.75) is 19.3 Å². The van der Waals surface area contributed by atoms with Gasteiger partial charge in [-0.2, -0.15) is 0 Å². The molecule has 11 rings (SSSR count). The predicted octanol–water partition coefficient (Wildman–Crippen LogP) is 14.2. The lowest BCUT2D eigenvalue weighted by Gasteiger charge is -2.31. The number of allylic oxidation sites excluding steroid dienone is 4. The van der Waals surface area contributed by atoms with Crippen LogP contribution in [0.2, 0.25) is 0 Å². The van der Waals surface area contributed by atoms with Gasteiger partial charge in [-0.15, -0.1) is 0 Å². The van der Waals surface area contributed by atoms with Crippen molar-refractivity contribution in [1.29, 1.82) is 0 Å². The van der Waals surface area contributed by atoms with E-state index in [4.69, 9.17) is 11.0 Å². The lowest BCUT2D eigenvalue weighted by Crippen LogP contribution is -2.21. The van der Waals surface area contributed by atoms with Crippen LogP contribution in [0.5, 0.6) is 0 Å². The summed E-state index contributed by atoms with van der Waals surface area (Å²) in [4.78, 5) is 2.56. The molecule has 1 aliphatic carbocycles. The predicted molar refractivity (Wildman–Crippen MR) is 230 cm³/mol. The molecule has 0 radical (unpaired) electrons. The second-order valence-corrected chi connectivity index (χ2v) is 15.3. The largest absolute Gasteiger partial charge is 0.456 e. The van der Waals surface area contributed by atoms with E-state index < -0.39 is 0 Å². The molecule has 2 heterocycles. The van der Waals surface area contributed by atoms with Crippen LogP contribution in [0, 0.1) is 0 Å². The van der Waals surface area contributed by atoms with Gasteiger partial charge < -0.3 is 9.32 Å². The van der Waals surface area contributed by atoms with Gasteiger partial charge in [0.1, 0.15) is 11.2 Å². The number of benzene rings is 8. The van der Waals surface area contributed by atoms with Gasteiger partial charge in [-0.05, 0) is 84.8 Å². The summed E-state index contributed by atoms with van der Waals surface area (Å²) in [6.45, 7) is 10.2. The molecule has 1 aromatic heterocycles. The molecule has 2 heteroatoms. The molecular formula is C52H37NO. The summed E-state index contributed by atoms with van der Waals surface area (Å²) < 4.78 is 6.53. The van der Waals surface area contributed by atoms with Gasteiger partial charge in [0.05, 0.1) is 11.4 Å². The minimum Gasteiger partial charge on any atom is -0.456 e. The average molecular weight is 692 g/mol. The first-order valence-corrected chi connectivity index (χ1v) is 18.8. The summed E-state index contributed by atoms with van der Waals surface area (Å²) >= 11 is 0. The third-order valence-corrected chi connectivity index (χ3v) is 12.0. The zero-order chi connectivity index (χ0) is 36.1. The minimum absolute atomic E-state index is 0.170. The minimum atomic E-state index is -0.170. The third-order valence-electron chi connectivity index (χ3n) is 12.0. The Labute approximate surface area is 314 Å². The van der Waals surface area contributed by atoms with Crippen LogP contribution in [-0.2, 0) is 5.41 Å². The van der Waals surface area contributed by atoms with Gasteiger partial charge in [0.2, 0.25) is 0 Å². The summed E-state index contributed by atoms with van der Waals surface area (Å²) in [7, 11) is 0. The standard InChI is InChI=1S/C52H37NO/c1-32-29-43-35-18-10-12-25-45(35)52(2,3)46(43)27-28-53(47-30-44-36-19-11-13-26-48(36)54-49(44)31-42(32)47)51-40-22-8-6-20-38(40)50(39-21-7-9-23-41(39)51)37-24-14-16-33-15-4-5-17-34(33)37/h4-27,29-31H,1,28H2,2-3H3/b43-29-,46-27+. The first kappa shape index (κ1) is 30.9. The van der Waals surface area contributed by atoms with Gasteiger partial charge in [0.15, 0.2) is 0 Å². The highest BCUT2D eigenvalue weighted by Crippen LogP contribution is 2.53. The number of hydrogen-bond donors (Lipinski definition) is 0. The number of para-hydroxylation sites is 1. The Morgan fingerprint density at radius 2 is 1.17 bits per heavy atom. The summed E-state index contributed by atoms with van der Waals surface area (Å²) in [5, 5.41) is 9.62. The van der Waals surface area contributed by atoms with E-state index in [0.29, 0.717) is 6.54 Å². The number of anilines is 2. The average Bonchev–Trinajstić information content (AvgIpc) is 3.69. The quantitative estimate of drug-likeness (QED) is 0.168. The third kappa shape index (κ3) is 4.34. The summed E-state index contributed by atoms with van der Waals surface area (Å²) in [6, 6.07) is 55.2. The zero-order valence-electron chi connectivity index (χ0n) is 30.4. The van der Waals surface area contributed by atoms with Crippen molar-refractivity contribution in [2.75, 3.05) is 11.4 Å². The molecule has 0 atom stereocenters. The van der Waals surface area contributed by atoms with E-state index in [-0.39, 0.29) is 5.41 Å². The Kier molecular flexibility index (Phi) is 6.55. The normalized spacial score (nSPS) is 17.1. The maximum Gasteiger partial charge on any atom is 0.136 e. The summed E-state index contributed by atoms with van der Waals surface area (Å²) in [5.74, 6) is 0. The highest BCUT2D eigenvalue weighted by molar-refractivity contribution is 6.24. The molecule has 2 nitrogen and oxygen atoms in total. The molecule has 0 fully saturated rings. The molecule has 0 N–H and O–H groups in total. The molecule has 8 aromatic carbocycles. The second kappa shape index (κ2) is 11.4. The van der Waals surface area contributed by atoms with E-state index in [1.807, 2.05) is 6.07 Å². The molecule has 54 heavy (non-hydrogen) atoms. The number of furan rings is 1. The first-order valence-electron chi connectivity index (χ1n) is 18.8. The van der Waals surface area contributed by atoms with Gasteiger partial charge >= 0.3 is 0 Å². The number of fused-ring (bicyclic) bond motifs is 10. The lowest BCUT2D eigenvalue weighted by molar-refractivity contribution is 0.658. The van der Waals surface area contributed by atoms with Crippen molar-refractivity contribution >= 4 is 76.8 Å². The molecule has 0 spiro atoms. The monoisotopic (exact) mass is 691 g/mol. The molecule has 0 bridgehead atoms. The second-order valence-electron chi connectivity index (χ2n) is 15.3. The van der Waals surface area contributed by atoms with Crippen LogP contribution in [0.15, 0.2) is 180 Å². The maximum atomic E-state index is 6.53. The zero-order valence-corrected chi connectivity index (χ0v) is 30.4. The van der Waals surface area contributed by atoms with Crippen LogP contribution >= 0.6 is 0 Å². The van der Waals surface area contributed by atoms with Crippen molar-refractivity contribution in [1.82, 2.24) is 0 Å². The summed E-state index contributed by atoms with van der Waals surface area (Å²) in [5.41, 5.74) is 13.7. The molecular weight excluding hydrogens is 655 g/mol. The van der Waals surface area contributed by atoms with Crippen LogP contribution in [-0.4, -0.2) is 6.54 Å². The molecule has 256 valence electrons. The van der Waals surface area contributed by atoms with E-state index in [1.165, 1.54) is 71.4 Å². The van der Waals surface area contributed by atoms with Crippen molar-refractivity contribution in [3.8, 4) is 11.1 Å². The lowest BCUT2D eigenvalue weighted by atomic mass is 9.82. The fraction of sp³-hybridized carbons (Fsp3) is 0.0769. The highest BCUT2D eigenvalue weighted by Gasteiger charge is 2.38. The fourth-order valence-electron chi connectivity index (χ4n) is 9.53. The van der Waals surface area contributed by atoms with Crippen LogP contribution in [0.1, 0.15) is 30.5 Å². The Morgan fingerprint density at radius 3 is 1.94 bits per heavy atom. The number of rotatable bonds is 2. The van der Waals surface area contributed by atoms with Gasteiger partial charge in [-0.1, -0.05) is 160 Å². The van der Waals surface area contributed by atoms with Crippen molar-refractivity contribution in [3.05, 3.63) is 193 Å². The molecule has 0 saturated heterocycles. The molecule has 0 amide bonds. The van der Waals surface area contributed by atoms with E-state index >= 15 is 0 Å². The van der Waals surface area contributed by atoms with Gasteiger partial charge in [0, 0.05) is 39.1 Å². The molecule has 1 aliphatic heterocycles. The van der Waals surface area contributed by atoms with Crippen molar-refractivity contribution < 1.29 is 4.42 Å². The summed E-state index contributed by atoms with van der Waals surface area (Å²) in [6.07, 6.45) is 4.80.